The second-order valence-electron chi connectivity index (χ2n) is 5.63. The Morgan fingerprint density at radius 1 is 1.48 bits per heavy atom. The Bertz CT molecular complexity index is 576. The van der Waals surface area contributed by atoms with Gasteiger partial charge in [0.05, 0.1) is 25.1 Å². The van der Waals surface area contributed by atoms with Crippen LogP contribution in [0.3, 0.4) is 0 Å². The first-order valence-electron chi connectivity index (χ1n) is 7.65. The molecule has 3 rings (SSSR count). The molecule has 0 radical (unpaired) electrons. The van der Waals surface area contributed by atoms with E-state index in [-0.39, 0.29) is 6.10 Å². The fraction of sp³-hybridized carbons (Fsp3) is 0.562. The maximum atomic E-state index is 5.90. The van der Waals surface area contributed by atoms with E-state index in [9.17, 15) is 0 Å². The van der Waals surface area contributed by atoms with E-state index in [1.54, 1.807) is 6.26 Å². The number of aromatic nitrogens is 2. The Kier molecular flexibility index (Phi) is 4.41. The van der Waals surface area contributed by atoms with Crippen LogP contribution in [0.15, 0.2) is 29.1 Å². The molecule has 1 saturated heterocycles. The number of rotatable bonds is 6. The van der Waals surface area contributed by atoms with Crippen molar-refractivity contribution in [1.29, 1.82) is 0 Å². The number of nitrogens with one attached hydrogen (secondary N) is 1. The van der Waals surface area contributed by atoms with Gasteiger partial charge in [-0.3, -0.25) is 4.68 Å². The summed E-state index contributed by atoms with van der Waals surface area (Å²) in [4.78, 5) is 0. The highest BCUT2D eigenvalue weighted by Gasteiger charge is 2.30. The van der Waals surface area contributed by atoms with Crippen LogP contribution in [-0.2, 0) is 17.8 Å². The summed E-state index contributed by atoms with van der Waals surface area (Å²) in [6, 6.07) is 2.00. The van der Waals surface area contributed by atoms with Crippen LogP contribution in [-0.4, -0.2) is 22.9 Å². The zero-order valence-corrected chi connectivity index (χ0v) is 12.7. The van der Waals surface area contributed by atoms with E-state index in [2.05, 4.69) is 30.5 Å². The molecule has 2 atom stereocenters. The minimum absolute atomic E-state index is 0.162. The number of nitrogens with zero attached hydrogens (tertiary/aromatic N) is 2. The van der Waals surface area contributed by atoms with Crippen LogP contribution in [0.2, 0.25) is 0 Å². The Balaban J connectivity index is 1.55. The van der Waals surface area contributed by atoms with Gasteiger partial charge in [-0.1, -0.05) is 0 Å². The highest BCUT2D eigenvalue weighted by molar-refractivity contribution is 5.14. The van der Waals surface area contributed by atoms with Crippen LogP contribution < -0.4 is 5.32 Å². The predicted octanol–water partition coefficient (Wildman–Crippen LogP) is 2.67. The van der Waals surface area contributed by atoms with Gasteiger partial charge in [0.1, 0.15) is 5.76 Å². The maximum Gasteiger partial charge on any atom is 0.120 e. The minimum atomic E-state index is 0.162. The van der Waals surface area contributed by atoms with Gasteiger partial charge in [-0.25, -0.2) is 0 Å². The van der Waals surface area contributed by atoms with E-state index in [0.29, 0.717) is 5.92 Å². The molecule has 0 aromatic carbocycles. The van der Waals surface area contributed by atoms with Crippen molar-refractivity contribution in [1.82, 2.24) is 15.1 Å². The van der Waals surface area contributed by atoms with Gasteiger partial charge < -0.3 is 14.5 Å². The smallest absolute Gasteiger partial charge is 0.120 e. The molecule has 5 nitrogen and oxygen atoms in total. The van der Waals surface area contributed by atoms with E-state index in [1.807, 2.05) is 16.9 Å². The fourth-order valence-corrected chi connectivity index (χ4v) is 2.87. The van der Waals surface area contributed by atoms with Gasteiger partial charge in [0.25, 0.3) is 0 Å². The molecule has 0 saturated carbocycles. The molecule has 21 heavy (non-hydrogen) atoms. The summed E-state index contributed by atoms with van der Waals surface area (Å²) in [6.45, 7) is 7.60. The van der Waals surface area contributed by atoms with Gasteiger partial charge in [0, 0.05) is 37.4 Å². The first-order valence-corrected chi connectivity index (χ1v) is 7.65. The monoisotopic (exact) mass is 289 g/mol. The molecule has 114 valence electrons. The Morgan fingerprint density at radius 3 is 3.10 bits per heavy atom. The van der Waals surface area contributed by atoms with Crippen molar-refractivity contribution >= 4 is 0 Å². The number of furan rings is 1. The second-order valence-corrected chi connectivity index (χ2v) is 5.63. The summed E-state index contributed by atoms with van der Waals surface area (Å²) in [5, 5.41) is 7.84. The third-order valence-corrected chi connectivity index (χ3v) is 4.18. The fourth-order valence-electron chi connectivity index (χ4n) is 2.87. The Morgan fingerprint density at radius 2 is 2.38 bits per heavy atom. The molecule has 0 unspecified atom stereocenters. The van der Waals surface area contributed by atoms with Gasteiger partial charge in [-0.05, 0) is 31.9 Å². The lowest BCUT2D eigenvalue weighted by Gasteiger charge is -2.17. The summed E-state index contributed by atoms with van der Waals surface area (Å²) in [6.07, 6.45) is 7.03. The van der Waals surface area contributed by atoms with Crippen LogP contribution in [0, 0.1) is 12.8 Å². The molecule has 2 aromatic heterocycles. The molecule has 1 aliphatic rings. The van der Waals surface area contributed by atoms with E-state index in [4.69, 9.17) is 9.15 Å². The number of hydrogen-bond donors (Lipinski definition) is 1. The van der Waals surface area contributed by atoms with E-state index >= 15 is 0 Å². The zero-order valence-electron chi connectivity index (χ0n) is 12.7. The number of hydrogen-bond acceptors (Lipinski definition) is 4. The summed E-state index contributed by atoms with van der Waals surface area (Å²) < 4.78 is 13.3. The van der Waals surface area contributed by atoms with E-state index in [1.165, 1.54) is 11.1 Å². The lowest BCUT2D eigenvalue weighted by molar-refractivity contribution is 0.0902. The highest BCUT2D eigenvalue weighted by Crippen LogP contribution is 2.33. The molecular formula is C16H23N3O2. The van der Waals surface area contributed by atoms with Crippen molar-refractivity contribution in [3.63, 3.8) is 0 Å². The number of ether oxygens (including phenoxy) is 1. The normalized spacial score (nSPS) is 22.0. The molecule has 3 heterocycles. The van der Waals surface area contributed by atoms with Gasteiger partial charge in [-0.2, -0.15) is 5.10 Å². The molecule has 0 spiro atoms. The molecule has 1 N–H and O–H groups in total. The quantitative estimate of drug-likeness (QED) is 0.888. The van der Waals surface area contributed by atoms with Crippen molar-refractivity contribution in [2.24, 2.45) is 5.92 Å². The maximum absolute atomic E-state index is 5.90. The molecule has 5 heteroatoms. The van der Waals surface area contributed by atoms with Crippen LogP contribution in [0.5, 0.6) is 0 Å². The van der Waals surface area contributed by atoms with Crippen molar-refractivity contribution in [3.8, 4) is 0 Å². The molecule has 0 amide bonds. The van der Waals surface area contributed by atoms with Crippen molar-refractivity contribution < 1.29 is 9.15 Å². The SMILES string of the molecule is CCn1cc([C@@H]2OCC[C@H]2CNCc2occc2C)cn1. The Labute approximate surface area is 125 Å². The number of aryl methyl sites for hydroxylation is 2. The molecule has 1 fully saturated rings. The minimum Gasteiger partial charge on any atom is -0.468 e. The molecular weight excluding hydrogens is 266 g/mol. The molecule has 2 aromatic rings. The predicted molar refractivity (Wildman–Crippen MR) is 79.9 cm³/mol. The molecule has 1 aliphatic heterocycles. The summed E-state index contributed by atoms with van der Waals surface area (Å²) >= 11 is 0. The average Bonchev–Trinajstić information content (AvgIpc) is 3.20. The van der Waals surface area contributed by atoms with Gasteiger partial charge in [0.2, 0.25) is 0 Å². The third kappa shape index (κ3) is 3.19. The molecule has 0 aliphatic carbocycles. The Hall–Kier alpha value is -1.59. The molecule has 0 bridgehead atoms. The topological polar surface area (TPSA) is 52.2 Å². The van der Waals surface area contributed by atoms with Crippen molar-refractivity contribution in [2.75, 3.05) is 13.2 Å². The van der Waals surface area contributed by atoms with E-state index < -0.39 is 0 Å². The lowest BCUT2D eigenvalue weighted by Crippen LogP contribution is -2.24. The van der Waals surface area contributed by atoms with Crippen molar-refractivity contribution in [2.45, 2.75) is 39.5 Å². The van der Waals surface area contributed by atoms with Crippen LogP contribution in [0.4, 0.5) is 0 Å². The standard InChI is InChI=1S/C16H23N3O2/c1-3-19-11-14(9-18-19)16-13(5-7-21-16)8-17-10-15-12(2)4-6-20-15/h4,6,9,11,13,16-17H,3,5,7-8,10H2,1-2H3/t13-,16+/m0/s1. The highest BCUT2D eigenvalue weighted by atomic mass is 16.5. The second kappa shape index (κ2) is 6.45. The average molecular weight is 289 g/mol. The summed E-state index contributed by atoms with van der Waals surface area (Å²) in [5.74, 6) is 1.51. The first-order chi connectivity index (χ1) is 10.3. The van der Waals surface area contributed by atoms with Crippen LogP contribution in [0.1, 0.15) is 36.3 Å². The summed E-state index contributed by atoms with van der Waals surface area (Å²) in [7, 11) is 0. The van der Waals surface area contributed by atoms with Gasteiger partial charge >= 0.3 is 0 Å². The zero-order chi connectivity index (χ0) is 14.7. The van der Waals surface area contributed by atoms with Gasteiger partial charge in [0.15, 0.2) is 0 Å². The van der Waals surface area contributed by atoms with E-state index in [0.717, 1.165) is 38.4 Å². The van der Waals surface area contributed by atoms with Crippen LogP contribution in [0.25, 0.3) is 0 Å². The lowest BCUT2D eigenvalue weighted by atomic mass is 9.97. The largest absolute Gasteiger partial charge is 0.468 e. The van der Waals surface area contributed by atoms with Crippen molar-refractivity contribution in [3.05, 3.63) is 41.6 Å². The van der Waals surface area contributed by atoms with Gasteiger partial charge in [-0.15, -0.1) is 0 Å². The van der Waals surface area contributed by atoms with Crippen LogP contribution >= 0.6 is 0 Å². The first kappa shape index (κ1) is 14.4. The third-order valence-electron chi connectivity index (χ3n) is 4.18. The summed E-state index contributed by atoms with van der Waals surface area (Å²) in [5.41, 5.74) is 2.39.